The molecular weight excluding hydrogens is 356 g/mol. The van der Waals surface area contributed by atoms with Crippen LogP contribution in [-0.2, 0) is 4.79 Å². The molecule has 2 amide bonds. The monoisotopic (exact) mass is 376 g/mol. The van der Waals surface area contributed by atoms with Gasteiger partial charge in [-0.3, -0.25) is 9.59 Å². The van der Waals surface area contributed by atoms with E-state index in [0.29, 0.717) is 18.7 Å². The second kappa shape index (κ2) is 8.02. The summed E-state index contributed by atoms with van der Waals surface area (Å²) in [5.41, 5.74) is 2.75. The molecule has 1 saturated heterocycles. The molecule has 1 fully saturated rings. The van der Waals surface area contributed by atoms with E-state index >= 15 is 0 Å². The summed E-state index contributed by atoms with van der Waals surface area (Å²) in [6.07, 6.45) is 1.52. The van der Waals surface area contributed by atoms with Crippen LogP contribution in [0.25, 0.3) is 0 Å². The van der Waals surface area contributed by atoms with E-state index in [1.54, 1.807) is 11.3 Å². The Bertz CT molecular complexity index is 739. The lowest BCUT2D eigenvalue weighted by atomic mass is 10.0. The molecule has 1 aliphatic rings. The van der Waals surface area contributed by atoms with E-state index in [9.17, 15) is 9.59 Å². The molecule has 4 nitrogen and oxygen atoms in total. The molecule has 0 N–H and O–H groups in total. The summed E-state index contributed by atoms with van der Waals surface area (Å²) >= 11 is 7.43. The summed E-state index contributed by atoms with van der Waals surface area (Å²) in [6.45, 7) is 3.30. The van der Waals surface area contributed by atoms with Gasteiger partial charge in [0.25, 0.3) is 5.91 Å². The van der Waals surface area contributed by atoms with Gasteiger partial charge < -0.3 is 9.80 Å². The van der Waals surface area contributed by atoms with E-state index in [2.05, 4.69) is 0 Å². The molecule has 3 rings (SSSR count). The summed E-state index contributed by atoms with van der Waals surface area (Å²) in [4.78, 5) is 28.7. The molecule has 0 unspecified atom stereocenters. The topological polar surface area (TPSA) is 40.6 Å². The van der Waals surface area contributed by atoms with Crippen molar-refractivity contribution < 1.29 is 9.59 Å². The summed E-state index contributed by atoms with van der Waals surface area (Å²) < 4.78 is 0. The van der Waals surface area contributed by atoms with Crippen molar-refractivity contribution in [2.75, 3.05) is 23.9 Å². The highest BCUT2D eigenvalue weighted by molar-refractivity contribution is 7.08. The highest BCUT2D eigenvalue weighted by Crippen LogP contribution is 2.30. The van der Waals surface area contributed by atoms with Crippen molar-refractivity contribution in [2.24, 2.45) is 0 Å². The summed E-state index contributed by atoms with van der Waals surface area (Å²) in [5, 5.41) is 4.04. The van der Waals surface area contributed by atoms with Crippen molar-refractivity contribution in [3.63, 3.8) is 0 Å². The van der Waals surface area contributed by atoms with Gasteiger partial charge >= 0.3 is 0 Å². The zero-order valence-electron chi connectivity index (χ0n) is 14.2. The average molecular weight is 377 g/mol. The minimum absolute atomic E-state index is 0.0293. The average Bonchev–Trinajstić information content (AvgIpc) is 3.08. The first-order valence-corrected chi connectivity index (χ1v) is 9.84. The molecule has 2 heterocycles. The molecule has 1 aliphatic heterocycles. The Morgan fingerprint density at radius 2 is 1.88 bits per heavy atom. The molecule has 0 atom stereocenters. The van der Waals surface area contributed by atoms with Crippen LogP contribution in [0.4, 0.5) is 5.69 Å². The van der Waals surface area contributed by atoms with E-state index in [0.717, 1.165) is 24.1 Å². The Labute approximate surface area is 157 Å². The third-order valence-corrected chi connectivity index (χ3v) is 5.69. The first-order valence-electron chi connectivity index (χ1n) is 8.37. The molecule has 25 heavy (non-hydrogen) atoms. The number of aryl methyl sites for hydroxylation is 1. The van der Waals surface area contributed by atoms with Crippen LogP contribution in [0.15, 0.2) is 41.1 Å². The van der Waals surface area contributed by atoms with Gasteiger partial charge in [0, 0.05) is 30.1 Å². The molecule has 2 aromatic rings. The predicted octanol–water partition coefficient (Wildman–Crippen LogP) is 3.93. The number of carbonyl (C=O) groups is 2. The van der Waals surface area contributed by atoms with Crippen LogP contribution < -0.4 is 4.90 Å². The minimum Gasteiger partial charge on any atom is -0.338 e. The van der Waals surface area contributed by atoms with Gasteiger partial charge in [-0.15, -0.1) is 22.9 Å². The number of benzene rings is 1. The number of thiophene rings is 1. The number of halogens is 1. The van der Waals surface area contributed by atoms with E-state index in [4.69, 9.17) is 11.6 Å². The molecule has 132 valence electrons. The Hall–Kier alpha value is -1.85. The zero-order chi connectivity index (χ0) is 17.8. The number of hydrogen-bond donors (Lipinski definition) is 0. The van der Waals surface area contributed by atoms with Gasteiger partial charge in [0.15, 0.2) is 0 Å². The van der Waals surface area contributed by atoms with Crippen LogP contribution in [-0.4, -0.2) is 41.7 Å². The van der Waals surface area contributed by atoms with E-state index in [-0.39, 0.29) is 23.7 Å². The Morgan fingerprint density at radius 3 is 2.44 bits per heavy atom. The van der Waals surface area contributed by atoms with Gasteiger partial charge in [-0.25, -0.2) is 0 Å². The lowest BCUT2D eigenvalue weighted by Crippen LogP contribution is -2.49. The van der Waals surface area contributed by atoms with Crippen molar-refractivity contribution in [1.29, 1.82) is 0 Å². The standard InChI is InChI=1S/C19H21ClN2O2S/c1-14-12-25-13-17(14)22(18(23)11-20)16-7-9-21(10-8-16)19(24)15-5-3-2-4-6-15/h2-6,12-13,16H,7-11H2,1H3. The van der Waals surface area contributed by atoms with E-state index < -0.39 is 0 Å². The maximum atomic E-state index is 12.6. The van der Waals surface area contributed by atoms with Gasteiger partial charge in [0.1, 0.15) is 5.88 Å². The fraction of sp³-hybridized carbons (Fsp3) is 0.368. The number of carbonyl (C=O) groups excluding carboxylic acids is 2. The lowest BCUT2D eigenvalue weighted by Gasteiger charge is -2.38. The van der Waals surface area contributed by atoms with Crippen LogP contribution in [0.1, 0.15) is 28.8 Å². The molecule has 0 aliphatic carbocycles. The van der Waals surface area contributed by atoms with E-state index in [1.165, 1.54) is 0 Å². The Kier molecular flexibility index (Phi) is 5.76. The number of alkyl halides is 1. The third-order valence-electron chi connectivity index (χ3n) is 4.61. The molecule has 0 saturated carbocycles. The van der Waals surface area contributed by atoms with E-state index in [1.807, 2.05) is 57.8 Å². The number of amides is 2. The highest BCUT2D eigenvalue weighted by atomic mass is 35.5. The third kappa shape index (κ3) is 3.88. The van der Waals surface area contributed by atoms with Crippen molar-refractivity contribution in [2.45, 2.75) is 25.8 Å². The largest absolute Gasteiger partial charge is 0.338 e. The molecule has 0 bridgehead atoms. The number of rotatable bonds is 4. The van der Waals surface area contributed by atoms with Gasteiger partial charge in [-0.1, -0.05) is 18.2 Å². The van der Waals surface area contributed by atoms with Crippen LogP contribution in [0.3, 0.4) is 0 Å². The van der Waals surface area contributed by atoms with Gasteiger partial charge in [0.2, 0.25) is 5.91 Å². The molecule has 0 spiro atoms. The maximum Gasteiger partial charge on any atom is 0.253 e. The first kappa shape index (κ1) is 18.0. The van der Waals surface area contributed by atoms with Crippen LogP contribution in [0.2, 0.25) is 0 Å². The maximum absolute atomic E-state index is 12.6. The summed E-state index contributed by atoms with van der Waals surface area (Å²) in [5.74, 6) is -0.0460. The minimum atomic E-state index is -0.0731. The number of piperidine rings is 1. The zero-order valence-corrected chi connectivity index (χ0v) is 15.7. The fourth-order valence-corrected chi connectivity index (χ4v) is 4.24. The normalized spacial score (nSPS) is 15.2. The van der Waals surface area contributed by atoms with Crippen molar-refractivity contribution in [1.82, 2.24) is 4.90 Å². The molecule has 6 heteroatoms. The lowest BCUT2D eigenvalue weighted by molar-refractivity contribution is -0.116. The van der Waals surface area contributed by atoms with Gasteiger partial charge in [-0.05, 0) is 42.8 Å². The molecule has 1 aromatic heterocycles. The fourth-order valence-electron chi connectivity index (χ4n) is 3.29. The highest BCUT2D eigenvalue weighted by Gasteiger charge is 2.31. The second-order valence-corrected chi connectivity index (χ2v) is 7.24. The number of nitrogens with zero attached hydrogens (tertiary/aromatic N) is 2. The smallest absolute Gasteiger partial charge is 0.253 e. The number of hydrogen-bond acceptors (Lipinski definition) is 3. The van der Waals surface area contributed by atoms with Crippen molar-refractivity contribution >= 4 is 40.4 Å². The van der Waals surface area contributed by atoms with Crippen LogP contribution >= 0.6 is 22.9 Å². The molecule has 0 radical (unpaired) electrons. The SMILES string of the molecule is Cc1cscc1N(C(=O)CCl)C1CCN(C(=O)c2ccccc2)CC1. The summed E-state index contributed by atoms with van der Waals surface area (Å²) in [6, 6.07) is 9.42. The quantitative estimate of drug-likeness (QED) is 0.758. The second-order valence-electron chi connectivity index (χ2n) is 6.23. The van der Waals surface area contributed by atoms with Crippen LogP contribution in [0.5, 0.6) is 0 Å². The molecular formula is C19H21ClN2O2S. The number of anilines is 1. The van der Waals surface area contributed by atoms with Gasteiger partial charge in [-0.2, -0.15) is 0 Å². The molecule has 1 aromatic carbocycles. The van der Waals surface area contributed by atoms with Crippen LogP contribution in [0, 0.1) is 6.92 Å². The summed E-state index contributed by atoms with van der Waals surface area (Å²) in [7, 11) is 0. The number of likely N-dealkylation sites (tertiary alicyclic amines) is 1. The Morgan fingerprint density at radius 1 is 1.20 bits per heavy atom. The Balaban J connectivity index is 1.70. The van der Waals surface area contributed by atoms with Crippen molar-refractivity contribution in [3.8, 4) is 0 Å². The first-order chi connectivity index (χ1) is 12.1. The predicted molar refractivity (Wildman–Crippen MR) is 103 cm³/mol. The van der Waals surface area contributed by atoms with Crippen molar-refractivity contribution in [3.05, 3.63) is 52.2 Å². The van der Waals surface area contributed by atoms with Gasteiger partial charge in [0.05, 0.1) is 5.69 Å².